The summed E-state index contributed by atoms with van der Waals surface area (Å²) in [6.45, 7) is 2.90. The molecule has 5 nitrogen and oxygen atoms in total. The lowest BCUT2D eigenvalue weighted by Gasteiger charge is -2.42. The molecule has 0 aromatic carbocycles. The number of hydrogen-bond acceptors (Lipinski definition) is 5. The van der Waals surface area contributed by atoms with E-state index in [1.807, 2.05) is 0 Å². The largest absolute Gasteiger partial charge is 0.462 e. The van der Waals surface area contributed by atoms with E-state index in [9.17, 15) is 23.1 Å². The highest BCUT2D eigenvalue weighted by atomic mass is 19.4. The molecule has 0 atom stereocenters. The van der Waals surface area contributed by atoms with E-state index in [1.54, 1.807) is 0 Å². The number of carbonyl (C=O) groups excluding carboxylic acids is 1. The molecule has 1 aliphatic carbocycles. The third kappa shape index (κ3) is 3.96. The summed E-state index contributed by atoms with van der Waals surface area (Å²) in [5.41, 5.74) is -3.17. The maximum absolute atomic E-state index is 13.0. The maximum atomic E-state index is 13.0. The molecular weight excluding hydrogens is 277 g/mol. The summed E-state index contributed by atoms with van der Waals surface area (Å²) in [4.78, 5) is 11.5. The summed E-state index contributed by atoms with van der Waals surface area (Å²) in [5, 5.41) is 18.7. The Bertz CT molecular complexity index is 422. The zero-order valence-electron chi connectivity index (χ0n) is 11.2. The van der Waals surface area contributed by atoms with Crippen molar-refractivity contribution >= 4 is 12.2 Å². The third-order valence-electron chi connectivity index (χ3n) is 2.91. The first-order valence-electron chi connectivity index (χ1n) is 6.08. The topological polar surface area (TPSA) is 82.4 Å². The number of alkyl halides is 3. The summed E-state index contributed by atoms with van der Waals surface area (Å²) in [6.07, 6.45) is -4.20. The molecule has 8 heteroatoms. The van der Waals surface area contributed by atoms with Crippen LogP contribution in [-0.4, -0.2) is 41.7 Å². The highest BCUT2D eigenvalue weighted by molar-refractivity contribution is 6.09. The number of carbonyl (C=O) groups is 1. The van der Waals surface area contributed by atoms with Gasteiger partial charge in [-0.05, 0) is 26.7 Å². The van der Waals surface area contributed by atoms with Gasteiger partial charge in [0.2, 0.25) is 0 Å². The van der Waals surface area contributed by atoms with Crippen LogP contribution in [0.4, 0.5) is 13.2 Å². The second-order valence-corrected chi connectivity index (χ2v) is 4.90. The molecule has 0 unspecified atom stereocenters. The van der Waals surface area contributed by atoms with Gasteiger partial charge in [-0.25, -0.2) is 4.79 Å². The lowest BCUT2D eigenvalue weighted by Crippen LogP contribution is -2.53. The number of ether oxygens (including phenoxy) is 1. The van der Waals surface area contributed by atoms with Gasteiger partial charge in [0, 0.05) is 12.3 Å². The zero-order valence-corrected chi connectivity index (χ0v) is 11.2. The van der Waals surface area contributed by atoms with Crippen molar-refractivity contribution in [3.63, 3.8) is 0 Å². The van der Waals surface area contributed by atoms with Crippen molar-refractivity contribution in [3.8, 4) is 0 Å². The molecule has 0 aromatic rings. The molecule has 0 radical (unpaired) electrons. The van der Waals surface area contributed by atoms with Gasteiger partial charge in [-0.15, -0.1) is 0 Å². The fourth-order valence-electron chi connectivity index (χ4n) is 2.06. The van der Waals surface area contributed by atoms with E-state index >= 15 is 0 Å². The average molecular weight is 294 g/mol. The average Bonchev–Trinajstić information content (AvgIpc) is 2.25. The van der Waals surface area contributed by atoms with Gasteiger partial charge in [0.15, 0.2) is 0 Å². The predicted octanol–water partition coefficient (Wildman–Crippen LogP) is 1.52. The van der Waals surface area contributed by atoms with Crippen molar-refractivity contribution in [2.24, 2.45) is 0 Å². The minimum absolute atomic E-state index is 0.0839. The van der Waals surface area contributed by atoms with Gasteiger partial charge in [-0.1, -0.05) is 0 Å². The van der Waals surface area contributed by atoms with Gasteiger partial charge in [-0.2, -0.15) is 13.2 Å². The zero-order chi connectivity index (χ0) is 15.6. The molecule has 1 aliphatic rings. The Hall–Kier alpha value is -1.57. The molecular formula is C12H17F3N2O3. The highest BCUT2D eigenvalue weighted by Gasteiger charge is 2.44. The third-order valence-corrected chi connectivity index (χ3v) is 2.91. The van der Waals surface area contributed by atoms with Crippen molar-refractivity contribution in [2.45, 2.75) is 44.5 Å². The van der Waals surface area contributed by atoms with E-state index in [0.29, 0.717) is 6.21 Å². The molecule has 0 amide bonds. The second kappa shape index (κ2) is 5.82. The Labute approximate surface area is 114 Å². The van der Waals surface area contributed by atoms with E-state index < -0.39 is 35.1 Å². The van der Waals surface area contributed by atoms with Gasteiger partial charge in [0.1, 0.15) is 11.3 Å². The molecule has 0 spiro atoms. The molecule has 20 heavy (non-hydrogen) atoms. The number of hydrogen-bond donors (Lipinski definition) is 3. The Kier molecular flexibility index (Phi) is 4.80. The van der Waals surface area contributed by atoms with Crippen molar-refractivity contribution in [1.29, 1.82) is 5.41 Å². The Balaban J connectivity index is 2.98. The Morgan fingerprint density at radius 3 is 2.45 bits per heavy atom. The van der Waals surface area contributed by atoms with Gasteiger partial charge >= 0.3 is 12.1 Å². The van der Waals surface area contributed by atoms with Crippen LogP contribution in [0.5, 0.6) is 0 Å². The standard InChI is InChI=1S/C12H17F3N2O3/c1-3-20-10(18)8(6-16)9(12(13,14)15)17-7-4-11(2,19)5-7/h6-7,16-17,19H,3-5H2,1-2H3/b9-8+,16-6?. The van der Waals surface area contributed by atoms with Crippen molar-refractivity contribution in [1.82, 2.24) is 5.32 Å². The van der Waals surface area contributed by atoms with Crippen LogP contribution in [0.3, 0.4) is 0 Å². The number of nitrogens with one attached hydrogen (secondary N) is 2. The molecule has 0 bridgehead atoms. The molecule has 0 saturated heterocycles. The van der Waals surface area contributed by atoms with E-state index in [1.165, 1.54) is 13.8 Å². The second-order valence-electron chi connectivity index (χ2n) is 4.90. The van der Waals surface area contributed by atoms with Crippen LogP contribution in [0, 0.1) is 5.41 Å². The first-order chi connectivity index (χ1) is 9.10. The van der Waals surface area contributed by atoms with Crippen LogP contribution < -0.4 is 5.32 Å². The molecule has 1 rings (SSSR count). The summed E-state index contributed by atoms with van der Waals surface area (Å²) in [6, 6.07) is -0.592. The fraction of sp³-hybridized carbons (Fsp3) is 0.667. The summed E-state index contributed by atoms with van der Waals surface area (Å²) < 4.78 is 43.4. The predicted molar refractivity (Wildman–Crippen MR) is 65.3 cm³/mol. The smallest absolute Gasteiger partial charge is 0.431 e. The summed E-state index contributed by atoms with van der Waals surface area (Å²) in [7, 11) is 0. The number of allylic oxidation sites excluding steroid dienone is 1. The van der Waals surface area contributed by atoms with Crippen LogP contribution in [0.25, 0.3) is 0 Å². The number of esters is 1. The Morgan fingerprint density at radius 1 is 1.55 bits per heavy atom. The normalized spacial score (nSPS) is 27.2. The molecule has 0 aromatic heterocycles. The summed E-state index contributed by atoms with van der Waals surface area (Å²) in [5.74, 6) is -1.20. The molecule has 3 N–H and O–H groups in total. The lowest BCUT2D eigenvalue weighted by molar-refractivity contribution is -0.139. The summed E-state index contributed by atoms with van der Waals surface area (Å²) >= 11 is 0. The minimum Gasteiger partial charge on any atom is -0.462 e. The number of rotatable bonds is 5. The first kappa shape index (κ1) is 16.5. The molecule has 0 heterocycles. The fourth-order valence-corrected chi connectivity index (χ4v) is 2.06. The minimum atomic E-state index is -4.80. The van der Waals surface area contributed by atoms with Gasteiger partial charge in [-0.3, -0.25) is 0 Å². The number of aliphatic hydroxyl groups is 1. The van der Waals surface area contributed by atoms with E-state index in [2.05, 4.69) is 10.1 Å². The van der Waals surface area contributed by atoms with Crippen molar-refractivity contribution < 1.29 is 27.8 Å². The SMILES string of the molecule is CCOC(=O)/C(C=N)=C(/NC1CC(C)(O)C1)C(F)(F)F. The maximum Gasteiger partial charge on any atom is 0.431 e. The molecule has 114 valence electrons. The molecule has 1 fully saturated rings. The molecule has 1 saturated carbocycles. The van der Waals surface area contributed by atoms with E-state index in [4.69, 9.17) is 5.41 Å². The lowest BCUT2D eigenvalue weighted by atomic mass is 9.77. The monoisotopic (exact) mass is 294 g/mol. The highest BCUT2D eigenvalue weighted by Crippen LogP contribution is 2.35. The van der Waals surface area contributed by atoms with Crippen LogP contribution in [0.15, 0.2) is 11.3 Å². The van der Waals surface area contributed by atoms with Crippen molar-refractivity contribution in [2.75, 3.05) is 6.61 Å². The van der Waals surface area contributed by atoms with Gasteiger partial charge in [0.25, 0.3) is 0 Å². The quantitative estimate of drug-likeness (QED) is 0.408. The van der Waals surface area contributed by atoms with Crippen LogP contribution in [-0.2, 0) is 9.53 Å². The van der Waals surface area contributed by atoms with Crippen LogP contribution in [0.2, 0.25) is 0 Å². The number of halogens is 3. The van der Waals surface area contributed by atoms with Crippen LogP contribution >= 0.6 is 0 Å². The first-order valence-corrected chi connectivity index (χ1v) is 6.08. The van der Waals surface area contributed by atoms with Crippen LogP contribution in [0.1, 0.15) is 26.7 Å². The molecule has 0 aliphatic heterocycles. The van der Waals surface area contributed by atoms with E-state index in [-0.39, 0.29) is 19.4 Å². The van der Waals surface area contributed by atoms with Gasteiger partial charge in [0.05, 0.1) is 12.2 Å². The van der Waals surface area contributed by atoms with Crippen molar-refractivity contribution in [3.05, 3.63) is 11.3 Å². The Morgan fingerprint density at radius 2 is 2.10 bits per heavy atom. The van der Waals surface area contributed by atoms with E-state index in [0.717, 1.165) is 0 Å². The van der Waals surface area contributed by atoms with Gasteiger partial charge < -0.3 is 20.6 Å².